The van der Waals surface area contributed by atoms with Crippen molar-refractivity contribution in [3.05, 3.63) is 48.6 Å². The molecule has 0 bridgehead atoms. The molecule has 11 heteroatoms. The van der Waals surface area contributed by atoms with Crippen LogP contribution >= 0.6 is 0 Å². The second-order valence-corrected chi connectivity index (χ2v) is 9.48. The lowest BCUT2D eigenvalue weighted by atomic mass is 10.2. The molecule has 0 radical (unpaired) electrons. The number of carbonyl (C=O) groups is 4. The van der Waals surface area contributed by atoms with Gasteiger partial charge in [-0.15, -0.1) is 45.1 Å². The fourth-order valence-corrected chi connectivity index (χ4v) is 2.64. The number of amides is 3. The maximum Gasteiger partial charge on any atom is 0.405 e. The number of carbonyl (C=O) groups excluding carboxylic acids is 3. The Bertz CT molecular complexity index is 885. The molecule has 3 rings (SSSR count). The van der Waals surface area contributed by atoms with Crippen molar-refractivity contribution in [3.63, 3.8) is 0 Å². The monoisotopic (exact) mass is 677 g/mol. The number of carboxylic acid groups (broad SMARTS) is 1. The lowest BCUT2D eigenvalue weighted by Gasteiger charge is -2.19. The quantitative estimate of drug-likeness (QED) is 0.126. The van der Waals surface area contributed by atoms with Crippen molar-refractivity contribution in [2.75, 3.05) is 19.8 Å². The molecule has 1 heterocycles. The third kappa shape index (κ3) is 60.4. The van der Waals surface area contributed by atoms with Gasteiger partial charge in [0.05, 0.1) is 13.2 Å². The van der Waals surface area contributed by atoms with Crippen LogP contribution in [0.2, 0.25) is 0 Å². The van der Waals surface area contributed by atoms with Crippen molar-refractivity contribution >= 4 is 24.4 Å². The average molecular weight is 678 g/mol. The molecule has 1 aliphatic heterocycles. The lowest BCUT2D eigenvalue weighted by Crippen LogP contribution is -2.42. The van der Waals surface area contributed by atoms with Crippen molar-refractivity contribution < 1.29 is 38.9 Å². The Morgan fingerprint density at radius 2 is 1.42 bits per heavy atom. The smallest absolute Gasteiger partial charge is 0.405 e. The minimum Gasteiger partial charge on any atom is -0.483 e. The summed E-state index contributed by atoms with van der Waals surface area (Å²) in [5, 5.41) is 15.4. The summed E-state index contributed by atoms with van der Waals surface area (Å²) in [6.45, 7) is 18.4. The van der Waals surface area contributed by atoms with Crippen LogP contribution in [-0.4, -0.2) is 70.9 Å². The largest absolute Gasteiger partial charge is 0.483 e. The number of benzene rings is 1. The molecule has 0 unspecified atom stereocenters. The second kappa shape index (κ2) is 49.1. The molecule has 274 valence electrons. The minimum absolute atomic E-state index is 0.0636. The van der Waals surface area contributed by atoms with Crippen LogP contribution in [0.25, 0.3) is 0 Å². The van der Waals surface area contributed by atoms with E-state index in [2.05, 4.69) is 56.8 Å². The molecule has 1 atom stereocenters. The molecule has 6 N–H and O–H groups in total. The molecular formula is C37H63N3O8. The zero-order valence-electron chi connectivity index (χ0n) is 30.3. The van der Waals surface area contributed by atoms with Gasteiger partial charge in [0.25, 0.3) is 6.47 Å². The number of hydrogen-bond acceptors (Lipinski definition) is 7. The van der Waals surface area contributed by atoms with Crippen LogP contribution in [0.1, 0.15) is 92.6 Å². The van der Waals surface area contributed by atoms with E-state index in [1.54, 1.807) is 26.8 Å². The van der Waals surface area contributed by atoms with Gasteiger partial charge in [0.2, 0.25) is 11.8 Å². The van der Waals surface area contributed by atoms with Gasteiger partial charge in [-0.1, -0.05) is 76.4 Å². The number of aliphatic hydroxyl groups excluding tert-OH is 1. The number of terminal acetylenes is 3. The topological polar surface area (TPSA) is 182 Å². The fourth-order valence-electron chi connectivity index (χ4n) is 2.64. The molecule has 2 aliphatic rings. The van der Waals surface area contributed by atoms with Gasteiger partial charge in [0.1, 0.15) is 11.6 Å². The van der Waals surface area contributed by atoms with Crippen LogP contribution in [0.3, 0.4) is 0 Å². The summed E-state index contributed by atoms with van der Waals surface area (Å²) in [6, 6.07) is 9.17. The molecule has 3 amide bonds. The Balaban J connectivity index is -0.0000000834. The highest BCUT2D eigenvalue weighted by molar-refractivity contribution is 5.86. The second-order valence-electron chi connectivity index (χ2n) is 9.48. The first-order valence-electron chi connectivity index (χ1n) is 15.3. The molecule has 48 heavy (non-hydrogen) atoms. The van der Waals surface area contributed by atoms with Crippen LogP contribution < -0.4 is 11.5 Å². The fraction of sp³-hybridized carbons (Fsp3) is 0.514. The number of nitrogens with zero attached hydrogens (tertiary/aromatic N) is 1. The van der Waals surface area contributed by atoms with E-state index in [1.807, 2.05) is 44.2 Å². The molecule has 1 aromatic carbocycles. The Labute approximate surface area is 291 Å². The first-order chi connectivity index (χ1) is 22.8. The van der Waals surface area contributed by atoms with E-state index >= 15 is 0 Å². The highest BCUT2D eigenvalue weighted by atomic mass is 16.6. The number of nitrogens with two attached hydrogens (primary N) is 2. The van der Waals surface area contributed by atoms with Crippen molar-refractivity contribution in [1.82, 2.24) is 4.90 Å². The predicted molar refractivity (Wildman–Crippen MR) is 197 cm³/mol. The summed E-state index contributed by atoms with van der Waals surface area (Å²) in [5.41, 5.74) is 10.3. The SMILES string of the molecule is C#C.C#C.C#C.C1CC1.C=CCOCCC.CC.CC(=O)N1CCC[C@H]1C(N)=O.CC(C)(C)OC(N)=O.O=CO.OCc1ccccc1. The van der Waals surface area contributed by atoms with E-state index in [9.17, 15) is 14.4 Å². The van der Waals surface area contributed by atoms with Crippen molar-refractivity contribution in [1.29, 1.82) is 0 Å². The third-order valence-corrected chi connectivity index (χ3v) is 4.36. The molecule has 0 aromatic heterocycles. The Morgan fingerprint density at radius 3 is 1.62 bits per heavy atom. The highest BCUT2D eigenvalue weighted by Gasteiger charge is 2.30. The molecular weight excluding hydrogens is 614 g/mol. The zero-order valence-corrected chi connectivity index (χ0v) is 30.3. The van der Waals surface area contributed by atoms with E-state index < -0.39 is 17.6 Å². The van der Waals surface area contributed by atoms with Gasteiger partial charge >= 0.3 is 6.09 Å². The van der Waals surface area contributed by atoms with E-state index in [0.29, 0.717) is 13.2 Å². The Morgan fingerprint density at radius 1 is 0.979 bits per heavy atom. The number of ether oxygens (including phenoxy) is 2. The predicted octanol–water partition coefficient (Wildman–Crippen LogP) is 5.79. The number of primary amides is 2. The summed E-state index contributed by atoms with van der Waals surface area (Å²) in [4.78, 5) is 41.5. The molecule has 1 aromatic rings. The zero-order chi connectivity index (χ0) is 39.4. The van der Waals surface area contributed by atoms with Crippen molar-refractivity contribution in [2.24, 2.45) is 11.5 Å². The number of hydrogen-bond donors (Lipinski definition) is 4. The van der Waals surface area contributed by atoms with Crippen LogP contribution in [0, 0.1) is 38.5 Å². The van der Waals surface area contributed by atoms with Gasteiger partial charge in [-0.05, 0) is 45.6 Å². The molecule has 11 nitrogen and oxygen atoms in total. The van der Waals surface area contributed by atoms with E-state index in [4.69, 9.17) is 31.2 Å². The number of rotatable bonds is 6. The van der Waals surface area contributed by atoms with Gasteiger partial charge in [0, 0.05) is 20.1 Å². The summed E-state index contributed by atoms with van der Waals surface area (Å²) in [7, 11) is 0. The highest BCUT2D eigenvalue weighted by Crippen LogP contribution is 2.16. The van der Waals surface area contributed by atoms with E-state index in [-0.39, 0.29) is 25.0 Å². The van der Waals surface area contributed by atoms with Gasteiger partial charge < -0.3 is 36.1 Å². The van der Waals surface area contributed by atoms with Crippen LogP contribution in [0.15, 0.2) is 43.0 Å². The average Bonchev–Trinajstić information content (AvgIpc) is 3.88. The number of aliphatic hydroxyl groups is 1. The van der Waals surface area contributed by atoms with Gasteiger partial charge in [-0.3, -0.25) is 14.4 Å². The molecule has 2 fully saturated rings. The standard InChI is InChI=1S/C7H12N2O2.C7H8O.C6H12O.C5H11NO2.C3H6.C2H6.3C2H2.CH2O2/c1-5(10)9-4-2-3-6(9)7(8)11;8-6-7-4-2-1-3-5-7;1-3-5-7-6-4-2;1-5(2,3)8-4(6)7;1-2-3-1;4*1-2;2-1-3/h6H,2-4H2,1H3,(H2,8,11);1-5,8H,6H2;3H,1,4-6H2,2H3;1-3H3,(H2,6,7);1-3H2;1-2H3;3*1-2H;1H,(H,2,3)/t6-;;;;;;;;;/m0........./s1. The first-order valence-corrected chi connectivity index (χ1v) is 15.3. The summed E-state index contributed by atoms with van der Waals surface area (Å²) in [6.07, 6.45) is 32.2. The minimum atomic E-state index is -0.725. The Hall–Kier alpha value is -4.76. The molecule has 1 aliphatic carbocycles. The Kier molecular flexibility index (Phi) is 60.1. The first kappa shape index (κ1) is 58.7. The summed E-state index contributed by atoms with van der Waals surface area (Å²) < 4.78 is 9.59. The summed E-state index contributed by atoms with van der Waals surface area (Å²) >= 11 is 0. The van der Waals surface area contributed by atoms with Gasteiger partial charge in [-0.2, -0.15) is 0 Å². The maximum atomic E-state index is 10.9. The molecule has 1 saturated carbocycles. The van der Waals surface area contributed by atoms with Crippen LogP contribution in [0.5, 0.6) is 0 Å². The van der Waals surface area contributed by atoms with Crippen LogP contribution in [-0.2, 0) is 30.5 Å². The van der Waals surface area contributed by atoms with E-state index in [0.717, 1.165) is 31.4 Å². The maximum absolute atomic E-state index is 10.9. The van der Waals surface area contributed by atoms with Gasteiger partial charge in [-0.25, -0.2) is 4.79 Å². The number of likely N-dealkylation sites (tertiary alicyclic amines) is 1. The summed E-state index contributed by atoms with van der Waals surface area (Å²) in [5.74, 6) is -0.455. The third-order valence-electron chi connectivity index (χ3n) is 4.36. The van der Waals surface area contributed by atoms with Gasteiger partial charge in [0.15, 0.2) is 0 Å². The lowest BCUT2D eigenvalue weighted by molar-refractivity contribution is -0.135. The molecule has 1 saturated heterocycles. The van der Waals surface area contributed by atoms with E-state index in [1.165, 1.54) is 31.1 Å². The van der Waals surface area contributed by atoms with Crippen molar-refractivity contribution in [2.45, 2.75) is 105 Å². The van der Waals surface area contributed by atoms with Crippen molar-refractivity contribution in [3.8, 4) is 38.5 Å². The van der Waals surface area contributed by atoms with Crippen LogP contribution in [0.4, 0.5) is 4.79 Å². The normalized spacial score (nSPS) is 12.0. The molecule has 0 spiro atoms.